The van der Waals surface area contributed by atoms with E-state index in [4.69, 9.17) is 5.73 Å². The zero-order valence-corrected chi connectivity index (χ0v) is 12.2. The van der Waals surface area contributed by atoms with Crippen molar-refractivity contribution < 1.29 is 0 Å². The summed E-state index contributed by atoms with van der Waals surface area (Å²) in [7, 11) is 0. The number of nitrogens with zero attached hydrogens (tertiary/aromatic N) is 3. The lowest BCUT2D eigenvalue weighted by Crippen LogP contribution is -2.30. The lowest BCUT2D eigenvalue weighted by molar-refractivity contribution is 0.400. The molecule has 1 heterocycles. The minimum atomic E-state index is 0.330. The van der Waals surface area contributed by atoms with E-state index in [1.165, 1.54) is 11.1 Å². The van der Waals surface area contributed by atoms with Crippen molar-refractivity contribution in [1.82, 2.24) is 14.9 Å². The maximum absolute atomic E-state index is 5.76. The normalized spacial score (nSPS) is 14.6. The van der Waals surface area contributed by atoms with E-state index in [0.29, 0.717) is 12.0 Å². The summed E-state index contributed by atoms with van der Waals surface area (Å²) in [5.41, 5.74) is 11.4. The van der Waals surface area contributed by atoms with E-state index in [-0.39, 0.29) is 0 Å². The molecule has 1 aromatic rings. The summed E-state index contributed by atoms with van der Waals surface area (Å²) >= 11 is 0. The molecule has 1 aromatic heterocycles. The third kappa shape index (κ3) is 2.48. The molecule has 0 atom stereocenters. The van der Waals surface area contributed by atoms with Crippen molar-refractivity contribution in [3.05, 3.63) is 35.3 Å². The third-order valence-electron chi connectivity index (χ3n) is 3.45. The van der Waals surface area contributed by atoms with Crippen molar-refractivity contribution in [3.8, 4) is 0 Å². The van der Waals surface area contributed by atoms with Crippen LogP contribution >= 0.6 is 0 Å². The molecule has 4 nitrogen and oxygen atoms in total. The Morgan fingerprint density at radius 3 is 2.68 bits per heavy atom. The summed E-state index contributed by atoms with van der Waals surface area (Å²) < 4.78 is 0. The lowest BCUT2D eigenvalue weighted by Gasteiger charge is -2.35. The predicted octanol–water partition coefficient (Wildman–Crippen LogP) is 2.98. The van der Waals surface area contributed by atoms with Gasteiger partial charge in [-0.15, -0.1) is 0 Å². The number of nitrogen functional groups attached to an aromatic ring is 1. The van der Waals surface area contributed by atoms with Gasteiger partial charge in [0.2, 0.25) is 5.95 Å². The fraction of sp³-hybridized carbons (Fsp3) is 0.467. The molecule has 0 spiro atoms. The fourth-order valence-electron chi connectivity index (χ4n) is 2.66. The van der Waals surface area contributed by atoms with Gasteiger partial charge in [0.25, 0.3) is 0 Å². The Labute approximate surface area is 115 Å². The summed E-state index contributed by atoms with van der Waals surface area (Å²) in [5, 5.41) is 0. The quantitative estimate of drug-likeness (QED) is 0.905. The van der Waals surface area contributed by atoms with Crippen LogP contribution in [0.2, 0.25) is 0 Å². The summed E-state index contributed by atoms with van der Waals surface area (Å²) in [5.74, 6) is 0.330. The first-order valence-corrected chi connectivity index (χ1v) is 6.68. The van der Waals surface area contributed by atoms with Crippen molar-refractivity contribution in [2.75, 3.05) is 5.73 Å². The molecule has 0 unspecified atom stereocenters. The van der Waals surface area contributed by atoms with Gasteiger partial charge in [-0.2, -0.15) is 0 Å². The Kier molecular flexibility index (Phi) is 3.60. The number of rotatable bonds is 3. The number of fused-ring (bicyclic) bond motifs is 1. The van der Waals surface area contributed by atoms with Crippen LogP contribution in [0.1, 0.15) is 45.4 Å². The Balaban J connectivity index is 2.60. The minimum absolute atomic E-state index is 0.330. The number of hydrogen-bond acceptors (Lipinski definition) is 4. The molecule has 0 fully saturated rings. The second-order valence-electron chi connectivity index (χ2n) is 5.43. The van der Waals surface area contributed by atoms with E-state index in [9.17, 15) is 0 Å². The predicted molar refractivity (Wildman–Crippen MR) is 79.1 cm³/mol. The SMILES string of the molecule is C=C(C)N(C1=C(C)CCc2cnc(N)nc21)C(C)C. The molecule has 0 amide bonds. The van der Waals surface area contributed by atoms with Gasteiger partial charge < -0.3 is 10.6 Å². The molecule has 0 aliphatic heterocycles. The molecule has 2 rings (SSSR count). The molecule has 0 bridgehead atoms. The van der Waals surface area contributed by atoms with Crippen molar-refractivity contribution >= 4 is 11.6 Å². The van der Waals surface area contributed by atoms with Crippen LogP contribution in [0.5, 0.6) is 0 Å². The van der Waals surface area contributed by atoms with E-state index in [1.54, 1.807) is 0 Å². The van der Waals surface area contributed by atoms with Crippen LogP contribution in [0.25, 0.3) is 5.70 Å². The molecule has 1 aliphatic carbocycles. The molecule has 1 aliphatic rings. The van der Waals surface area contributed by atoms with E-state index >= 15 is 0 Å². The zero-order valence-electron chi connectivity index (χ0n) is 12.2. The van der Waals surface area contributed by atoms with E-state index in [2.05, 4.69) is 42.2 Å². The fourth-order valence-corrected chi connectivity index (χ4v) is 2.66. The number of allylic oxidation sites excluding steroid dienone is 2. The summed E-state index contributed by atoms with van der Waals surface area (Å²) in [6, 6.07) is 0.338. The molecular formula is C15H22N4. The largest absolute Gasteiger partial charge is 0.368 e. The van der Waals surface area contributed by atoms with Crippen molar-refractivity contribution in [3.63, 3.8) is 0 Å². The Bertz CT molecular complexity index is 543. The average Bonchev–Trinajstić information content (AvgIpc) is 2.31. The molecule has 0 saturated heterocycles. The minimum Gasteiger partial charge on any atom is -0.368 e. The summed E-state index contributed by atoms with van der Waals surface area (Å²) in [6.07, 6.45) is 3.86. The van der Waals surface area contributed by atoms with Gasteiger partial charge >= 0.3 is 0 Å². The van der Waals surface area contributed by atoms with Gasteiger partial charge in [-0.25, -0.2) is 9.97 Å². The van der Waals surface area contributed by atoms with E-state index < -0.39 is 0 Å². The number of aryl methyl sites for hydroxylation is 1. The van der Waals surface area contributed by atoms with Gasteiger partial charge in [-0.1, -0.05) is 6.58 Å². The Morgan fingerprint density at radius 1 is 1.42 bits per heavy atom. The summed E-state index contributed by atoms with van der Waals surface area (Å²) in [4.78, 5) is 10.8. The van der Waals surface area contributed by atoms with Gasteiger partial charge in [0.15, 0.2) is 0 Å². The van der Waals surface area contributed by atoms with Gasteiger partial charge in [0.05, 0.1) is 11.4 Å². The molecule has 4 heteroatoms. The van der Waals surface area contributed by atoms with E-state index in [0.717, 1.165) is 29.9 Å². The Hall–Kier alpha value is -1.84. The van der Waals surface area contributed by atoms with Crippen LogP contribution in [0.3, 0.4) is 0 Å². The maximum Gasteiger partial charge on any atom is 0.220 e. The van der Waals surface area contributed by atoms with Gasteiger partial charge in [-0.3, -0.25) is 0 Å². The molecule has 0 aromatic carbocycles. The van der Waals surface area contributed by atoms with E-state index in [1.807, 2.05) is 13.1 Å². The topological polar surface area (TPSA) is 55.0 Å². The highest BCUT2D eigenvalue weighted by atomic mass is 15.2. The standard InChI is InChI=1S/C15H22N4/c1-9(2)19(10(3)4)14-11(5)6-7-12-8-17-15(16)18-13(12)14/h8,10H,1,6-7H2,2-5H3,(H2,16,17,18). The van der Waals surface area contributed by atoms with Crippen LogP contribution in [-0.4, -0.2) is 20.9 Å². The van der Waals surface area contributed by atoms with Gasteiger partial charge in [0.1, 0.15) is 0 Å². The van der Waals surface area contributed by atoms with Crippen LogP contribution in [-0.2, 0) is 6.42 Å². The van der Waals surface area contributed by atoms with Crippen molar-refractivity contribution in [2.45, 2.75) is 46.6 Å². The van der Waals surface area contributed by atoms with Gasteiger partial charge in [-0.05, 0) is 51.7 Å². The number of anilines is 1. The van der Waals surface area contributed by atoms with Crippen LogP contribution < -0.4 is 5.73 Å². The van der Waals surface area contributed by atoms with Crippen LogP contribution in [0, 0.1) is 0 Å². The molecule has 19 heavy (non-hydrogen) atoms. The second-order valence-corrected chi connectivity index (χ2v) is 5.43. The molecule has 0 saturated carbocycles. The maximum atomic E-state index is 5.76. The average molecular weight is 258 g/mol. The van der Waals surface area contributed by atoms with Crippen LogP contribution in [0.4, 0.5) is 5.95 Å². The third-order valence-corrected chi connectivity index (χ3v) is 3.45. The highest BCUT2D eigenvalue weighted by Crippen LogP contribution is 2.35. The first-order chi connectivity index (χ1) is 8.91. The molecule has 102 valence electrons. The highest BCUT2D eigenvalue weighted by Gasteiger charge is 2.25. The first kappa shape index (κ1) is 13.6. The van der Waals surface area contributed by atoms with Crippen molar-refractivity contribution in [2.24, 2.45) is 0 Å². The van der Waals surface area contributed by atoms with Crippen LogP contribution in [0.15, 0.2) is 24.0 Å². The molecule has 0 radical (unpaired) electrons. The first-order valence-electron chi connectivity index (χ1n) is 6.68. The smallest absolute Gasteiger partial charge is 0.220 e. The molecule has 2 N–H and O–H groups in total. The van der Waals surface area contributed by atoms with Crippen molar-refractivity contribution in [1.29, 1.82) is 0 Å². The number of aromatic nitrogens is 2. The van der Waals surface area contributed by atoms with Gasteiger partial charge in [0, 0.05) is 17.9 Å². The highest BCUT2D eigenvalue weighted by molar-refractivity contribution is 5.70. The summed E-state index contributed by atoms with van der Waals surface area (Å²) in [6.45, 7) is 12.6. The Morgan fingerprint density at radius 2 is 2.11 bits per heavy atom. The number of hydrogen-bond donors (Lipinski definition) is 1. The molecular weight excluding hydrogens is 236 g/mol. The number of nitrogens with two attached hydrogens (primary N) is 1. The zero-order chi connectivity index (χ0) is 14.2. The second kappa shape index (κ2) is 5.03. The monoisotopic (exact) mass is 258 g/mol. The lowest BCUT2D eigenvalue weighted by atomic mass is 9.93.